The second-order valence-corrected chi connectivity index (χ2v) is 6.50. The summed E-state index contributed by atoms with van der Waals surface area (Å²) >= 11 is 0. The van der Waals surface area contributed by atoms with Crippen LogP contribution in [0.3, 0.4) is 0 Å². The molecule has 3 N–H and O–H groups in total. The summed E-state index contributed by atoms with van der Waals surface area (Å²) in [4.78, 5) is 11.7. The van der Waals surface area contributed by atoms with E-state index in [0.29, 0.717) is 19.7 Å². The molecule has 0 unspecified atom stereocenters. The molecule has 0 radical (unpaired) electrons. The second-order valence-electron chi connectivity index (χ2n) is 4.45. The van der Waals surface area contributed by atoms with Crippen molar-refractivity contribution < 1.29 is 17.9 Å². The molecule has 0 bridgehead atoms. The number of carbonyl (C=O) groups excluding carboxylic acids is 1. The Kier molecular flexibility index (Phi) is 6.76. The predicted molar refractivity (Wildman–Crippen MR) is 79.0 cm³/mol. The Hall–Kier alpha value is -1.48. The number of nitrogens with zero attached hydrogens (tertiary/aromatic N) is 1. The average molecular weight is 315 g/mol. The molecule has 1 aromatic rings. The number of likely N-dealkylation sites (N-methyl/N-ethyl adjacent to an activating group) is 1. The van der Waals surface area contributed by atoms with Gasteiger partial charge < -0.3 is 15.8 Å². The van der Waals surface area contributed by atoms with E-state index in [9.17, 15) is 13.2 Å². The number of nitrogens with two attached hydrogens (primary N) is 1. The van der Waals surface area contributed by atoms with Gasteiger partial charge in [0.15, 0.2) is 0 Å². The summed E-state index contributed by atoms with van der Waals surface area (Å²) in [7, 11) is -0.804. The van der Waals surface area contributed by atoms with Crippen LogP contribution in [-0.4, -0.2) is 52.5 Å². The Morgan fingerprint density at radius 3 is 2.48 bits per heavy atom. The number of hydrogen-bond donors (Lipinski definition) is 2. The minimum absolute atomic E-state index is 0.131. The zero-order chi connectivity index (χ0) is 15.9. The molecule has 0 fully saturated rings. The first-order valence-electron chi connectivity index (χ1n) is 6.42. The molecular weight excluding hydrogens is 294 g/mol. The zero-order valence-electron chi connectivity index (χ0n) is 12.2. The van der Waals surface area contributed by atoms with E-state index in [1.54, 1.807) is 12.1 Å². The van der Waals surface area contributed by atoms with E-state index in [1.165, 1.54) is 26.3 Å². The number of amides is 1. The lowest BCUT2D eigenvalue weighted by Crippen LogP contribution is -2.39. The van der Waals surface area contributed by atoms with Crippen LogP contribution in [0.15, 0.2) is 29.2 Å². The summed E-state index contributed by atoms with van der Waals surface area (Å²) in [5.41, 5.74) is 6.31. The van der Waals surface area contributed by atoms with Gasteiger partial charge in [0.1, 0.15) is 0 Å². The summed E-state index contributed by atoms with van der Waals surface area (Å²) in [6.07, 6.45) is 0. The maximum absolute atomic E-state index is 12.3. The van der Waals surface area contributed by atoms with Crippen LogP contribution in [0.4, 0.5) is 0 Å². The molecular formula is C13H21N3O4S. The van der Waals surface area contributed by atoms with Crippen molar-refractivity contribution in [3.8, 4) is 0 Å². The highest BCUT2D eigenvalue weighted by Crippen LogP contribution is 2.14. The van der Waals surface area contributed by atoms with Crippen molar-refractivity contribution in [3.05, 3.63) is 29.8 Å². The fourth-order valence-electron chi connectivity index (χ4n) is 1.61. The van der Waals surface area contributed by atoms with Gasteiger partial charge in [0.25, 0.3) is 0 Å². The van der Waals surface area contributed by atoms with Crippen molar-refractivity contribution in [1.29, 1.82) is 0 Å². The van der Waals surface area contributed by atoms with Crippen LogP contribution in [0.2, 0.25) is 0 Å². The summed E-state index contributed by atoms with van der Waals surface area (Å²) in [5.74, 6) is -0.378. The highest BCUT2D eigenvalue weighted by molar-refractivity contribution is 7.89. The maximum Gasteiger partial charge on any atom is 0.243 e. The van der Waals surface area contributed by atoms with Gasteiger partial charge in [-0.1, -0.05) is 12.1 Å². The van der Waals surface area contributed by atoms with Crippen LogP contribution in [0, 0.1) is 0 Å². The molecule has 0 aliphatic carbocycles. The lowest BCUT2D eigenvalue weighted by Gasteiger charge is -2.17. The largest absolute Gasteiger partial charge is 0.383 e. The van der Waals surface area contributed by atoms with Gasteiger partial charge in [-0.25, -0.2) is 8.42 Å². The number of hydrogen-bond acceptors (Lipinski definition) is 5. The molecule has 0 aliphatic rings. The fourth-order valence-corrected chi connectivity index (χ4v) is 2.74. The van der Waals surface area contributed by atoms with Crippen molar-refractivity contribution in [2.24, 2.45) is 5.73 Å². The highest BCUT2D eigenvalue weighted by Gasteiger charge is 2.22. The lowest BCUT2D eigenvalue weighted by atomic mass is 10.2. The van der Waals surface area contributed by atoms with Crippen molar-refractivity contribution in [2.45, 2.75) is 11.4 Å². The van der Waals surface area contributed by atoms with E-state index in [4.69, 9.17) is 10.5 Å². The molecule has 0 saturated heterocycles. The van der Waals surface area contributed by atoms with Gasteiger partial charge in [0.2, 0.25) is 15.9 Å². The molecule has 1 aromatic carbocycles. The van der Waals surface area contributed by atoms with Gasteiger partial charge in [0, 0.05) is 27.2 Å². The summed E-state index contributed by atoms with van der Waals surface area (Å²) in [6, 6.07) is 6.27. The lowest BCUT2D eigenvalue weighted by molar-refractivity contribution is -0.121. The zero-order valence-corrected chi connectivity index (χ0v) is 13.0. The number of carbonyl (C=O) groups is 1. The van der Waals surface area contributed by atoms with Crippen molar-refractivity contribution in [1.82, 2.24) is 9.62 Å². The molecule has 0 spiro atoms. The van der Waals surface area contributed by atoms with E-state index in [0.717, 1.165) is 9.87 Å². The molecule has 0 aromatic heterocycles. The smallest absolute Gasteiger partial charge is 0.243 e. The number of rotatable bonds is 8. The summed E-state index contributed by atoms with van der Waals surface area (Å²) in [6.45, 7) is 0.819. The SMILES string of the molecule is COCCNC(=O)CN(C)S(=O)(=O)c1ccc(CN)cc1. The topological polar surface area (TPSA) is 102 Å². The Balaban J connectivity index is 2.70. The van der Waals surface area contributed by atoms with E-state index < -0.39 is 10.0 Å². The number of benzene rings is 1. The predicted octanol–water partition coefficient (Wildman–Crippen LogP) is -0.472. The molecule has 1 rings (SSSR count). The number of nitrogens with one attached hydrogen (secondary N) is 1. The maximum atomic E-state index is 12.3. The van der Waals surface area contributed by atoms with Gasteiger partial charge in [0.05, 0.1) is 18.0 Å². The first-order valence-corrected chi connectivity index (χ1v) is 7.86. The van der Waals surface area contributed by atoms with Crippen LogP contribution in [-0.2, 0) is 26.1 Å². The third kappa shape index (κ3) is 5.09. The first-order chi connectivity index (χ1) is 9.91. The van der Waals surface area contributed by atoms with E-state index >= 15 is 0 Å². The van der Waals surface area contributed by atoms with Crippen LogP contribution >= 0.6 is 0 Å². The van der Waals surface area contributed by atoms with Gasteiger partial charge >= 0.3 is 0 Å². The Labute approximate surface area is 125 Å². The first kappa shape index (κ1) is 17.6. The summed E-state index contributed by atoms with van der Waals surface area (Å²) in [5, 5.41) is 2.57. The van der Waals surface area contributed by atoms with Gasteiger partial charge in [-0.2, -0.15) is 4.31 Å². The standard InChI is InChI=1S/C13H21N3O4S/c1-16(10-13(17)15-7-8-20-2)21(18,19)12-5-3-11(9-14)4-6-12/h3-6H,7-10,14H2,1-2H3,(H,15,17). The third-order valence-corrected chi connectivity index (χ3v) is 4.68. The molecule has 0 saturated carbocycles. The van der Waals surface area contributed by atoms with Crippen LogP contribution in [0.5, 0.6) is 0 Å². The quantitative estimate of drug-likeness (QED) is 0.631. The molecule has 8 heteroatoms. The van der Waals surface area contributed by atoms with E-state index in [-0.39, 0.29) is 17.3 Å². The van der Waals surface area contributed by atoms with E-state index in [2.05, 4.69) is 5.32 Å². The fraction of sp³-hybridized carbons (Fsp3) is 0.462. The molecule has 1 amide bonds. The molecule has 0 atom stereocenters. The van der Waals surface area contributed by atoms with Crippen LogP contribution in [0.1, 0.15) is 5.56 Å². The van der Waals surface area contributed by atoms with Crippen LogP contribution in [0.25, 0.3) is 0 Å². The van der Waals surface area contributed by atoms with Crippen molar-refractivity contribution >= 4 is 15.9 Å². The van der Waals surface area contributed by atoms with Gasteiger partial charge in [-0.05, 0) is 17.7 Å². The summed E-state index contributed by atoms with van der Waals surface area (Å²) < 4.78 is 30.4. The van der Waals surface area contributed by atoms with Crippen molar-refractivity contribution in [3.63, 3.8) is 0 Å². The molecule has 0 aliphatic heterocycles. The molecule has 118 valence electrons. The Bertz CT molecular complexity index is 557. The molecule has 7 nitrogen and oxygen atoms in total. The average Bonchev–Trinajstić information content (AvgIpc) is 2.47. The van der Waals surface area contributed by atoms with Gasteiger partial charge in [-0.15, -0.1) is 0 Å². The number of methoxy groups -OCH3 is 1. The number of sulfonamides is 1. The molecule has 0 heterocycles. The minimum atomic E-state index is -3.69. The Morgan fingerprint density at radius 1 is 1.33 bits per heavy atom. The highest BCUT2D eigenvalue weighted by atomic mass is 32.2. The minimum Gasteiger partial charge on any atom is -0.383 e. The van der Waals surface area contributed by atoms with Crippen LogP contribution < -0.4 is 11.1 Å². The molecule has 21 heavy (non-hydrogen) atoms. The monoisotopic (exact) mass is 315 g/mol. The number of ether oxygens (including phenoxy) is 1. The van der Waals surface area contributed by atoms with Gasteiger partial charge in [-0.3, -0.25) is 4.79 Å². The van der Waals surface area contributed by atoms with Crippen molar-refractivity contribution in [2.75, 3.05) is 33.9 Å². The second kappa shape index (κ2) is 8.08. The van der Waals surface area contributed by atoms with E-state index in [1.807, 2.05) is 0 Å². The third-order valence-electron chi connectivity index (χ3n) is 2.86. The normalized spacial score (nSPS) is 11.6. The Morgan fingerprint density at radius 2 is 1.95 bits per heavy atom.